The standard InChI is InChI=1S/C24H20BrN5O2S/c1-32-21-13-7-17(8-14-21)15-26-27-22(31)16-33-24-29-28-23(18-5-3-2-4-6-18)30(24)20-11-9-19(25)10-12-20/h2-15H,16H2,1H3,(H,27,31)/b26-15-. The van der Waals surface area contributed by atoms with E-state index in [4.69, 9.17) is 4.74 Å². The number of carbonyl (C=O) groups excluding carboxylic acids is 1. The highest BCUT2D eigenvalue weighted by Crippen LogP contribution is 2.28. The maximum absolute atomic E-state index is 12.3. The zero-order chi connectivity index (χ0) is 23.0. The normalized spacial score (nSPS) is 11.0. The van der Waals surface area contributed by atoms with E-state index in [2.05, 4.69) is 36.7 Å². The van der Waals surface area contributed by atoms with Crippen LogP contribution < -0.4 is 10.2 Å². The molecular formula is C24H20BrN5O2S. The second-order valence-electron chi connectivity index (χ2n) is 6.84. The van der Waals surface area contributed by atoms with Crippen LogP contribution in [-0.2, 0) is 4.79 Å². The van der Waals surface area contributed by atoms with E-state index < -0.39 is 0 Å². The molecule has 3 aromatic carbocycles. The minimum absolute atomic E-state index is 0.142. The number of nitrogens with one attached hydrogen (secondary N) is 1. The van der Waals surface area contributed by atoms with Gasteiger partial charge in [-0.05, 0) is 54.1 Å². The van der Waals surface area contributed by atoms with Gasteiger partial charge in [0.25, 0.3) is 5.91 Å². The van der Waals surface area contributed by atoms with E-state index in [-0.39, 0.29) is 11.7 Å². The highest BCUT2D eigenvalue weighted by molar-refractivity contribution is 9.10. The highest BCUT2D eigenvalue weighted by atomic mass is 79.9. The first kappa shape index (κ1) is 22.8. The average molecular weight is 522 g/mol. The number of methoxy groups -OCH3 is 1. The molecule has 0 bridgehead atoms. The molecule has 0 fully saturated rings. The van der Waals surface area contributed by atoms with Gasteiger partial charge < -0.3 is 4.74 Å². The number of hydrogen-bond acceptors (Lipinski definition) is 6. The molecule has 7 nitrogen and oxygen atoms in total. The number of benzene rings is 3. The Labute approximate surface area is 204 Å². The lowest BCUT2D eigenvalue weighted by molar-refractivity contribution is -0.118. The third kappa shape index (κ3) is 5.88. The molecule has 1 N–H and O–H groups in total. The summed E-state index contributed by atoms with van der Waals surface area (Å²) in [4.78, 5) is 12.3. The van der Waals surface area contributed by atoms with Gasteiger partial charge in [-0.15, -0.1) is 10.2 Å². The number of amides is 1. The molecule has 0 atom stereocenters. The van der Waals surface area contributed by atoms with Crippen LogP contribution in [0.1, 0.15) is 5.56 Å². The van der Waals surface area contributed by atoms with Crippen molar-refractivity contribution >= 4 is 39.8 Å². The van der Waals surface area contributed by atoms with Crippen LogP contribution in [-0.4, -0.2) is 39.7 Å². The fourth-order valence-corrected chi connectivity index (χ4v) is 4.00. The zero-order valence-electron chi connectivity index (χ0n) is 17.7. The molecule has 33 heavy (non-hydrogen) atoms. The number of hydrazone groups is 1. The van der Waals surface area contributed by atoms with Gasteiger partial charge in [-0.2, -0.15) is 5.10 Å². The van der Waals surface area contributed by atoms with Gasteiger partial charge in [-0.25, -0.2) is 5.43 Å². The van der Waals surface area contributed by atoms with Crippen molar-refractivity contribution in [2.24, 2.45) is 5.10 Å². The molecule has 0 unspecified atom stereocenters. The van der Waals surface area contributed by atoms with Gasteiger partial charge in [-0.1, -0.05) is 58.0 Å². The first-order chi connectivity index (χ1) is 16.1. The summed E-state index contributed by atoms with van der Waals surface area (Å²) < 4.78 is 8.05. The monoisotopic (exact) mass is 521 g/mol. The van der Waals surface area contributed by atoms with Gasteiger partial charge in [0.2, 0.25) is 0 Å². The number of carbonyl (C=O) groups is 1. The molecule has 1 aromatic heterocycles. The van der Waals surface area contributed by atoms with E-state index in [1.165, 1.54) is 11.8 Å². The van der Waals surface area contributed by atoms with Gasteiger partial charge in [0, 0.05) is 15.7 Å². The molecule has 1 amide bonds. The Morgan fingerprint density at radius 3 is 2.48 bits per heavy atom. The number of halogens is 1. The van der Waals surface area contributed by atoms with Crippen molar-refractivity contribution in [1.82, 2.24) is 20.2 Å². The maximum Gasteiger partial charge on any atom is 0.250 e. The van der Waals surface area contributed by atoms with E-state index in [1.807, 2.05) is 83.4 Å². The van der Waals surface area contributed by atoms with E-state index in [0.29, 0.717) is 11.0 Å². The third-order valence-electron chi connectivity index (χ3n) is 4.60. The Balaban J connectivity index is 1.47. The van der Waals surface area contributed by atoms with E-state index in [9.17, 15) is 4.79 Å². The predicted molar refractivity (Wildman–Crippen MR) is 134 cm³/mol. The van der Waals surface area contributed by atoms with E-state index >= 15 is 0 Å². The predicted octanol–water partition coefficient (Wildman–Crippen LogP) is 4.95. The minimum atomic E-state index is -0.239. The van der Waals surface area contributed by atoms with Gasteiger partial charge >= 0.3 is 0 Å². The van der Waals surface area contributed by atoms with Crippen molar-refractivity contribution in [3.05, 3.63) is 88.9 Å². The van der Waals surface area contributed by atoms with Crippen molar-refractivity contribution in [1.29, 1.82) is 0 Å². The second-order valence-corrected chi connectivity index (χ2v) is 8.70. The third-order valence-corrected chi connectivity index (χ3v) is 6.06. The molecule has 0 saturated carbocycles. The van der Waals surface area contributed by atoms with Crippen LogP contribution in [0.2, 0.25) is 0 Å². The second kappa shape index (κ2) is 10.9. The van der Waals surface area contributed by atoms with Gasteiger partial charge in [0.15, 0.2) is 11.0 Å². The van der Waals surface area contributed by atoms with Crippen LogP contribution in [0.25, 0.3) is 17.1 Å². The molecule has 166 valence electrons. The fraction of sp³-hybridized carbons (Fsp3) is 0.0833. The summed E-state index contributed by atoms with van der Waals surface area (Å²) in [6.07, 6.45) is 1.58. The Morgan fingerprint density at radius 2 is 1.79 bits per heavy atom. The number of nitrogens with zero attached hydrogens (tertiary/aromatic N) is 4. The zero-order valence-corrected chi connectivity index (χ0v) is 20.1. The largest absolute Gasteiger partial charge is 0.497 e. The first-order valence-corrected chi connectivity index (χ1v) is 11.8. The average Bonchev–Trinajstić information content (AvgIpc) is 3.28. The SMILES string of the molecule is COc1ccc(/C=N\NC(=O)CSc2nnc(-c3ccccc3)n2-c2ccc(Br)cc2)cc1. The summed E-state index contributed by atoms with van der Waals surface area (Å²) in [5, 5.41) is 13.4. The summed E-state index contributed by atoms with van der Waals surface area (Å²) in [6.45, 7) is 0. The molecule has 1 heterocycles. The van der Waals surface area contributed by atoms with Crippen molar-refractivity contribution in [2.75, 3.05) is 12.9 Å². The molecule has 9 heteroatoms. The van der Waals surface area contributed by atoms with Crippen LogP contribution in [0.15, 0.2) is 93.6 Å². The van der Waals surface area contributed by atoms with Crippen LogP contribution in [0.4, 0.5) is 0 Å². The smallest absolute Gasteiger partial charge is 0.250 e. The number of hydrogen-bond donors (Lipinski definition) is 1. The molecule has 0 radical (unpaired) electrons. The number of ether oxygens (including phenoxy) is 1. The molecule has 0 spiro atoms. The number of thioether (sulfide) groups is 1. The Bertz CT molecular complexity index is 1240. The molecule has 0 aliphatic carbocycles. The summed E-state index contributed by atoms with van der Waals surface area (Å²) in [5.41, 5.74) is 5.25. The van der Waals surface area contributed by atoms with Crippen molar-refractivity contribution in [3.63, 3.8) is 0 Å². The van der Waals surface area contributed by atoms with Crippen molar-refractivity contribution in [2.45, 2.75) is 5.16 Å². The Hall–Kier alpha value is -3.43. The van der Waals surface area contributed by atoms with Crippen molar-refractivity contribution < 1.29 is 9.53 Å². The molecule has 0 saturated heterocycles. The molecule has 0 aliphatic rings. The Kier molecular flexibility index (Phi) is 7.54. The molecule has 0 aliphatic heterocycles. The number of aromatic nitrogens is 3. The fourth-order valence-electron chi connectivity index (χ4n) is 2.99. The summed E-state index contributed by atoms with van der Waals surface area (Å²) in [6, 6.07) is 25.1. The topological polar surface area (TPSA) is 81.4 Å². The summed E-state index contributed by atoms with van der Waals surface area (Å²) in [5.74, 6) is 1.37. The van der Waals surface area contributed by atoms with Gasteiger partial charge in [-0.3, -0.25) is 9.36 Å². The summed E-state index contributed by atoms with van der Waals surface area (Å²) in [7, 11) is 1.61. The van der Waals surface area contributed by atoms with Crippen LogP contribution in [0, 0.1) is 0 Å². The van der Waals surface area contributed by atoms with E-state index in [0.717, 1.165) is 27.0 Å². The highest BCUT2D eigenvalue weighted by Gasteiger charge is 2.17. The molecule has 4 rings (SSSR count). The first-order valence-electron chi connectivity index (χ1n) is 9.99. The Morgan fingerprint density at radius 1 is 1.06 bits per heavy atom. The lowest BCUT2D eigenvalue weighted by Crippen LogP contribution is -2.20. The van der Waals surface area contributed by atoms with Crippen LogP contribution >= 0.6 is 27.7 Å². The van der Waals surface area contributed by atoms with Gasteiger partial charge in [0.1, 0.15) is 5.75 Å². The molecular weight excluding hydrogens is 502 g/mol. The lowest BCUT2D eigenvalue weighted by Gasteiger charge is -2.10. The summed E-state index contributed by atoms with van der Waals surface area (Å²) >= 11 is 4.77. The van der Waals surface area contributed by atoms with E-state index in [1.54, 1.807) is 13.3 Å². The maximum atomic E-state index is 12.3. The molecule has 4 aromatic rings. The number of rotatable bonds is 8. The quantitative estimate of drug-likeness (QED) is 0.201. The van der Waals surface area contributed by atoms with Crippen molar-refractivity contribution in [3.8, 4) is 22.8 Å². The van der Waals surface area contributed by atoms with Crippen LogP contribution in [0.5, 0.6) is 5.75 Å². The lowest BCUT2D eigenvalue weighted by atomic mass is 10.2. The van der Waals surface area contributed by atoms with Gasteiger partial charge in [0.05, 0.1) is 19.1 Å². The van der Waals surface area contributed by atoms with Crippen LogP contribution in [0.3, 0.4) is 0 Å². The minimum Gasteiger partial charge on any atom is -0.497 e.